The monoisotopic (exact) mass is 337 g/mol. The van der Waals surface area contributed by atoms with Crippen molar-refractivity contribution in [2.24, 2.45) is 0 Å². The number of halogens is 4. The summed E-state index contributed by atoms with van der Waals surface area (Å²) in [7, 11) is 1.66. The number of methoxy groups -OCH3 is 1. The van der Waals surface area contributed by atoms with E-state index in [2.05, 4.69) is 9.88 Å². The number of rotatable bonds is 4. The Morgan fingerprint density at radius 3 is 2.68 bits per heavy atom. The highest BCUT2D eigenvalue weighted by molar-refractivity contribution is 6.33. The van der Waals surface area contributed by atoms with Gasteiger partial charge in [-0.1, -0.05) is 11.6 Å². The van der Waals surface area contributed by atoms with Crippen molar-refractivity contribution in [3.63, 3.8) is 0 Å². The number of anilines is 1. The van der Waals surface area contributed by atoms with E-state index in [9.17, 15) is 13.2 Å². The highest BCUT2D eigenvalue weighted by atomic mass is 35.5. The van der Waals surface area contributed by atoms with Gasteiger partial charge < -0.3 is 9.64 Å². The molecular weight excluding hydrogens is 319 g/mol. The number of hydrogen-bond acceptors (Lipinski definition) is 4. The van der Waals surface area contributed by atoms with Crippen molar-refractivity contribution in [2.45, 2.75) is 12.6 Å². The Hall–Kier alpha value is -1.05. The molecule has 1 fully saturated rings. The lowest BCUT2D eigenvalue weighted by Crippen LogP contribution is -2.33. The molecule has 1 aromatic heterocycles. The predicted octanol–water partition coefficient (Wildman–Crippen LogP) is 2.91. The number of ether oxygens (including phenoxy) is 1. The first-order valence-corrected chi connectivity index (χ1v) is 7.48. The fraction of sp³-hybridized carbons (Fsp3) is 0.643. The molecule has 0 aromatic carbocycles. The molecule has 0 radical (unpaired) electrons. The second kappa shape index (κ2) is 7.48. The minimum absolute atomic E-state index is 0.0418. The van der Waals surface area contributed by atoms with E-state index in [1.165, 1.54) is 0 Å². The largest absolute Gasteiger partial charge is 0.417 e. The second-order valence-electron chi connectivity index (χ2n) is 5.20. The maximum atomic E-state index is 12.6. The van der Waals surface area contributed by atoms with Crippen molar-refractivity contribution in [2.75, 3.05) is 51.3 Å². The fourth-order valence-electron chi connectivity index (χ4n) is 2.45. The number of hydrogen-bond donors (Lipinski definition) is 0. The molecule has 2 rings (SSSR count). The molecule has 22 heavy (non-hydrogen) atoms. The molecule has 4 nitrogen and oxygen atoms in total. The maximum Gasteiger partial charge on any atom is 0.417 e. The summed E-state index contributed by atoms with van der Waals surface area (Å²) in [6.45, 7) is 4.65. The molecule has 0 aliphatic carbocycles. The lowest BCUT2D eigenvalue weighted by molar-refractivity contribution is -0.137. The van der Waals surface area contributed by atoms with Gasteiger partial charge in [0.1, 0.15) is 5.82 Å². The molecule has 0 atom stereocenters. The van der Waals surface area contributed by atoms with Gasteiger partial charge in [-0.2, -0.15) is 13.2 Å². The van der Waals surface area contributed by atoms with E-state index < -0.39 is 11.7 Å². The van der Waals surface area contributed by atoms with Crippen molar-refractivity contribution in [1.29, 1.82) is 0 Å². The van der Waals surface area contributed by atoms with Gasteiger partial charge in [0.25, 0.3) is 0 Å². The molecule has 1 aliphatic rings. The van der Waals surface area contributed by atoms with Gasteiger partial charge in [-0.15, -0.1) is 0 Å². The average molecular weight is 338 g/mol. The Labute approximate surface area is 132 Å². The zero-order valence-corrected chi connectivity index (χ0v) is 13.1. The van der Waals surface area contributed by atoms with Crippen molar-refractivity contribution >= 4 is 17.4 Å². The van der Waals surface area contributed by atoms with Crippen LogP contribution in [0.4, 0.5) is 19.0 Å². The van der Waals surface area contributed by atoms with Crippen LogP contribution in [0.15, 0.2) is 12.3 Å². The van der Waals surface area contributed by atoms with Crippen molar-refractivity contribution in [3.8, 4) is 0 Å². The zero-order chi connectivity index (χ0) is 16.2. The Bertz CT molecular complexity index is 499. The molecule has 1 aromatic rings. The van der Waals surface area contributed by atoms with Crippen LogP contribution < -0.4 is 4.90 Å². The predicted molar refractivity (Wildman–Crippen MR) is 79.4 cm³/mol. The quantitative estimate of drug-likeness (QED) is 0.844. The zero-order valence-electron chi connectivity index (χ0n) is 12.4. The number of alkyl halides is 3. The van der Waals surface area contributed by atoms with Gasteiger partial charge in [0, 0.05) is 39.5 Å². The molecule has 0 saturated carbocycles. The van der Waals surface area contributed by atoms with Crippen molar-refractivity contribution in [3.05, 3.63) is 22.8 Å². The van der Waals surface area contributed by atoms with Gasteiger partial charge in [-0.25, -0.2) is 4.98 Å². The molecule has 124 valence electrons. The lowest BCUT2D eigenvalue weighted by atomic mass is 10.2. The Morgan fingerprint density at radius 1 is 1.27 bits per heavy atom. The van der Waals surface area contributed by atoms with E-state index in [0.717, 1.165) is 44.9 Å². The molecular formula is C14H19ClF3N3O. The molecule has 1 aliphatic heterocycles. The van der Waals surface area contributed by atoms with Crippen LogP contribution in [-0.4, -0.2) is 56.3 Å². The molecule has 0 unspecified atom stereocenters. The van der Waals surface area contributed by atoms with Crippen LogP contribution in [0.1, 0.15) is 12.0 Å². The second-order valence-corrected chi connectivity index (χ2v) is 5.61. The van der Waals surface area contributed by atoms with Crippen LogP contribution in [0.5, 0.6) is 0 Å². The summed E-state index contributed by atoms with van der Waals surface area (Å²) in [6, 6.07) is 0.942. The van der Waals surface area contributed by atoms with Crippen LogP contribution >= 0.6 is 11.6 Å². The SMILES string of the molecule is COCCN1CCCN(c2ncc(C(F)(F)F)cc2Cl)CC1. The standard InChI is InChI=1S/C14H19ClF3N3O/c1-22-8-7-20-3-2-4-21(6-5-20)13-12(15)9-11(10-19-13)14(16,17)18/h9-10H,2-8H2,1H3. The van der Waals surface area contributed by atoms with Crippen molar-refractivity contribution < 1.29 is 17.9 Å². The molecule has 2 heterocycles. The van der Waals surface area contributed by atoms with Gasteiger partial charge in [-0.3, -0.25) is 4.90 Å². The van der Waals surface area contributed by atoms with Gasteiger partial charge in [-0.05, 0) is 19.0 Å². The maximum absolute atomic E-state index is 12.6. The Balaban J connectivity index is 2.05. The number of pyridine rings is 1. The van der Waals surface area contributed by atoms with Crippen LogP contribution in [0.3, 0.4) is 0 Å². The summed E-state index contributed by atoms with van der Waals surface area (Å²) < 4.78 is 43.0. The first kappa shape index (κ1) is 17.3. The van der Waals surface area contributed by atoms with E-state index in [1.54, 1.807) is 7.11 Å². The van der Waals surface area contributed by atoms with Crippen molar-refractivity contribution in [1.82, 2.24) is 9.88 Å². The molecule has 0 amide bonds. The van der Waals surface area contributed by atoms with Crippen LogP contribution in [-0.2, 0) is 10.9 Å². The van der Waals surface area contributed by atoms with Crippen LogP contribution in [0.2, 0.25) is 5.02 Å². The van der Waals surface area contributed by atoms with Crippen LogP contribution in [0.25, 0.3) is 0 Å². The molecule has 0 spiro atoms. The lowest BCUT2D eigenvalue weighted by Gasteiger charge is -2.23. The summed E-state index contributed by atoms with van der Waals surface area (Å²) in [4.78, 5) is 8.13. The van der Waals surface area contributed by atoms with E-state index in [-0.39, 0.29) is 5.02 Å². The first-order valence-electron chi connectivity index (χ1n) is 7.11. The third-order valence-corrected chi connectivity index (χ3v) is 3.93. The van der Waals surface area contributed by atoms with E-state index in [4.69, 9.17) is 16.3 Å². The normalized spacial score (nSPS) is 17.6. The summed E-state index contributed by atoms with van der Waals surface area (Å²) >= 11 is 6.00. The molecule has 1 saturated heterocycles. The summed E-state index contributed by atoms with van der Waals surface area (Å²) in [6.07, 6.45) is -2.68. The fourth-order valence-corrected chi connectivity index (χ4v) is 2.73. The highest BCUT2D eigenvalue weighted by Crippen LogP contribution is 2.33. The topological polar surface area (TPSA) is 28.6 Å². The van der Waals surface area contributed by atoms with Gasteiger partial charge in [0.15, 0.2) is 0 Å². The first-order chi connectivity index (χ1) is 10.4. The van der Waals surface area contributed by atoms with Gasteiger partial charge >= 0.3 is 6.18 Å². The summed E-state index contributed by atoms with van der Waals surface area (Å²) in [5, 5.41) is 0.0418. The van der Waals surface area contributed by atoms with Crippen LogP contribution in [0, 0.1) is 0 Å². The number of aromatic nitrogens is 1. The van der Waals surface area contributed by atoms with Gasteiger partial charge in [0.2, 0.25) is 0 Å². The van der Waals surface area contributed by atoms with E-state index in [1.807, 2.05) is 4.90 Å². The Morgan fingerprint density at radius 2 is 2.05 bits per heavy atom. The molecule has 0 bridgehead atoms. The number of nitrogens with zero attached hydrogens (tertiary/aromatic N) is 3. The van der Waals surface area contributed by atoms with Gasteiger partial charge in [0.05, 0.1) is 17.2 Å². The summed E-state index contributed by atoms with van der Waals surface area (Å²) in [5.74, 6) is 0.420. The minimum Gasteiger partial charge on any atom is -0.383 e. The van der Waals surface area contributed by atoms with E-state index >= 15 is 0 Å². The highest BCUT2D eigenvalue weighted by Gasteiger charge is 2.32. The smallest absolute Gasteiger partial charge is 0.383 e. The third kappa shape index (κ3) is 4.47. The van der Waals surface area contributed by atoms with E-state index in [0.29, 0.717) is 19.0 Å². The minimum atomic E-state index is -4.43. The molecule has 0 N–H and O–H groups in total. The molecule has 8 heteroatoms. The average Bonchev–Trinajstić information content (AvgIpc) is 2.69. The third-order valence-electron chi connectivity index (χ3n) is 3.65. The summed E-state index contributed by atoms with van der Waals surface area (Å²) in [5.41, 5.74) is -0.821. The Kier molecular flexibility index (Phi) is 5.88.